The number of aryl methyl sites for hydroxylation is 2. The third kappa shape index (κ3) is 4.40. The lowest BCUT2D eigenvalue weighted by Crippen LogP contribution is -2.69. The summed E-state index contributed by atoms with van der Waals surface area (Å²) < 4.78 is 17.7. The quantitative estimate of drug-likeness (QED) is 0.599. The molecule has 0 radical (unpaired) electrons. The number of rotatable bonds is 7. The number of nitrogens with one attached hydrogen (secondary N) is 2. The van der Waals surface area contributed by atoms with Crippen molar-refractivity contribution in [2.24, 2.45) is 0 Å². The zero-order valence-electron chi connectivity index (χ0n) is 16.8. The number of halogens is 1. The molecule has 4 rings (SSSR count). The molecule has 3 aromatic rings. The molecule has 9 heteroatoms. The van der Waals surface area contributed by atoms with Gasteiger partial charge in [-0.2, -0.15) is 14.6 Å². The molecule has 2 N–H and O–H groups in total. The van der Waals surface area contributed by atoms with Crippen LogP contribution in [0.4, 0.5) is 21.2 Å². The Morgan fingerprint density at radius 1 is 1.30 bits per heavy atom. The van der Waals surface area contributed by atoms with Crippen LogP contribution in [0.2, 0.25) is 0 Å². The molecule has 3 heterocycles. The molecule has 0 bridgehead atoms. The van der Waals surface area contributed by atoms with Gasteiger partial charge in [-0.15, -0.1) is 0 Å². The molecule has 0 unspecified atom stereocenters. The smallest absolute Gasteiger partial charge is 0.229 e. The lowest BCUT2D eigenvalue weighted by atomic mass is 9.86. The first kappa shape index (κ1) is 20.2. The van der Waals surface area contributed by atoms with E-state index in [0.717, 1.165) is 27.6 Å². The topological polar surface area (TPSA) is 89.8 Å². The summed E-state index contributed by atoms with van der Waals surface area (Å²) in [6.45, 7) is 5.71. The second kappa shape index (κ2) is 8.34. The first-order chi connectivity index (χ1) is 14.5. The molecule has 7 nitrogen and oxygen atoms in total. The van der Waals surface area contributed by atoms with E-state index in [9.17, 15) is 9.65 Å². The Morgan fingerprint density at radius 2 is 2.13 bits per heavy atom. The summed E-state index contributed by atoms with van der Waals surface area (Å²) in [5, 5.41) is 16.9. The fourth-order valence-electron chi connectivity index (χ4n) is 3.55. The Labute approximate surface area is 178 Å². The summed E-state index contributed by atoms with van der Waals surface area (Å²) in [6, 6.07) is 10.7. The number of anilines is 3. The van der Waals surface area contributed by atoms with Crippen molar-refractivity contribution in [3.05, 3.63) is 59.2 Å². The predicted octanol–water partition coefficient (Wildman–Crippen LogP) is 3.69. The van der Waals surface area contributed by atoms with Crippen LogP contribution in [-0.2, 0) is 6.54 Å². The second-order valence-corrected chi connectivity index (χ2v) is 8.42. The summed E-state index contributed by atoms with van der Waals surface area (Å²) in [4.78, 5) is 11.2. The molecule has 0 amide bonds. The van der Waals surface area contributed by atoms with Crippen molar-refractivity contribution in [3.8, 4) is 6.07 Å². The molecule has 0 spiro atoms. The van der Waals surface area contributed by atoms with E-state index >= 15 is 0 Å². The monoisotopic (exact) mass is 423 g/mol. The molecule has 2 aromatic heterocycles. The van der Waals surface area contributed by atoms with E-state index in [2.05, 4.69) is 35.9 Å². The minimum atomic E-state index is -0.346. The van der Waals surface area contributed by atoms with E-state index in [-0.39, 0.29) is 11.4 Å². The minimum Gasteiger partial charge on any atom is -0.352 e. The average Bonchev–Trinajstić information content (AvgIpc) is 3.10. The largest absolute Gasteiger partial charge is 0.352 e. The van der Waals surface area contributed by atoms with Crippen molar-refractivity contribution in [3.63, 3.8) is 0 Å². The number of aromatic nitrogens is 3. The van der Waals surface area contributed by atoms with Gasteiger partial charge in [-0.25, -0.2) is 9.37 Å². The molecule has 1 aliphatic rings. The van der Waals surface area contributed by atoms with Gasteiger partial charge in [0.1, 0.15) is 16.6 Å². The Kier molecular flexibility index (Phi) is 5.61. The Bertz CT molecular complexity index is 1080. The summed E-state index contributed by atoms with van der Waals surface area (Å²) >= 11 is 1.37. The van der Waals surface area contributed by atoms with Gasteiger partial charge in [-0.1, -0.05) is 12.1 Å². The molecular weight excluding hydrogens is 401 g/mol. The van der Waals surface area contributed by atoms with Crippen LogP contribution in [0.3, 0.4) is 0 Å². The van der Waals surface area contributed by atoms with Crippen LogP contribution in [0.15, 0.2) is 36.5 Å². The molecule has 0 saturated carbocycles. The first-order valence-corrected chi connectivity index (χ1v) is 10.4. The Balaban J connectivity index is 1.45. The molecule has 0 atom stereocenters. The molecule has 1 aromatic carbocycles. The van der Waals surface area contributed by atoms with Crippen LogP contribution >= 0.6 is 11.5 Å². The third-order valence-electron chi connectivity index (χ3n) is 5.07. The normalized spacial score (nSPS) is 14.8. The molecular formula is C21H22FN7S. The zero-order valence-corrected chi connectivity index (χ0v) is 17.6. The highest BCUT2D eigenvalue weighted by Crippen LogP contribution is 2.32. The average molecular weight is 424 g/mol. The molecule has 0 aliphatic carbocycles. The first-order valence-electron chi connectivity index (χ1n) is 9.62. The van der Waals surface area contributed by atoms with Gasteiger partial charge in [0.25, 0.3) is 0 Å². The Hall–Kier alpha value is -3.09. The van der Waals surface area contributed by atoms with Crippen molar-refractivity contribution in [2.75, 3.05) is 23.3 Å². The van der Waals surface area contributed by atoms with Gasteiger partial charge >= 0.3 is 0 Å². The summed E-state index contributed by atoms with van der Waals surface area (Å²) in [7, 11) is 0. The van der Waals surface area contributed by atoms with Gasteiger partial charge in [-0.05, 0) is 49.1 Å². The van der Waals surface area contributed by atoms with Gasteiger partial charge in [-0.3, -0.25) is 0 Å². The van der Waals surface area contributed by atoms with Crippen molar-refractivity contribution >= 4 is 28.3 Å². The Morgan fingerprint density at radius 3 is 2.83 bits per heavy atom. The van der Waals surface area contributed by atoms with Crippen molar-refractivity contribution in [2.45, 2.75) is 32.4 Å². The molecule has 1 aliphatic heterocycles. The van der Waals surface area contributed by atoms with Gasteiger partial charge in [0.05, 0.1) is 23.7 Å². The molecule has 1 fully saturated rings. The van der Waals surface area contributed by atoms with E-state index in [1.54, 1.807) is 12.3 Å². The predicted molar refractivity (Wildman–Crippen MR) is 115 cm³/mol. The van der Waals surface area contributed by atoms with Crippen molar-refractivity contribution in [1.82, 2.24) is 19.7 Å². The van der Waals surface area contributed by atoms with Gasteiger partial charge in [0.2, 0.25) is 5.95 Å². The fraction of sp³-hybridized carbons (Fsp3) is 0.333. The van der Waals surface area contributed by atoms with Crippen LogP contribution < -0.4 is 15.5 Å². The van der Waals surface area contributed by atoms with E-state index in [4.69, 9.17) is 0 Å². The van der Waals surface area contributed by atoms with E-state index < -0.39 is 0 Å². The molecule has 30 heavy (non-hydrogen) atoms. The highest BCUT2D eigenvalue weighted by Gasteiger charge is 2.43. The summed E-state index contributed by atoms with van der Waals surface area (Å²) in [5.41, 5.74) is 2.43. The SMILES string of the molecule is Cc1cc(Nc2ncc(C)c(N3CC(CC#N)(NCc4cccc(F)c4)C3)n2)sn1. The van der Waals surface area contributed by atoms with Gasteiger partial charge < -0.3 is 15.5 Å². The van der Waals surface area contributed by atoms with E-state index in [1.807, 2.05) is 26.0 Å². The number of nitriles is 1. The van der Waals surface area contributed by atoms with E-state index in [1.165, 1.54) is 23.7 Å². The standard InChI is InChI=1S/C21H22FN7S/c1-14-10-24-20(26-18-8-15(2)28-30-18)27-19(14)29-12-21(13-29,6-7-23)25-11-16-4-3-5-17(22)9-16/h3-5,8-10,25H,6,11-13H2,1-2H3,(H,24,26,27). The number of nitrogens with zero attached hydrogens (tertiary/aromatic N) is 5. The minimum absolute atomic E-state index is 0.258. The summed E-state index contributed by atoms with van der Waals surface area (Å²) in [6.07, 6.45) is 2.16. The number of hydrogen-bond donors (Lipinski definition) is 2. The van der Waals surface area contributed by atoms with Crippen molar-refractivity contribution < 1.29 is 4.39 Å². The maximum absolute atomic E-state index is 13.4. The maximum atomic E-state index is 13.4. The van der Waals surface area contributed by atoms with Crippen LogP contribution in [0, 0.1) is 31.0 Å². The van der Waals surface area contributed by atoms with Crippen LogP contribution in [0.1, 0.15) is 23.2 Å². The third-order valence-corrected chi connectivity index (χ3v) is 5.86. The van der Waals surface area contributed by atoms with Crippen LogP contribution in [-0.4, -0.2) is 33.0 Å². The molecule has 1 saturated heterocycles. The second-order valence-electron chi connectivity index (χ2n) is 7.61. The molecule has 154 valence electrons. The fourth-order valence-corrected chi connectivity index (χ4v) is 4.21. The van der Waals surface area contributed by atoms with Crippen LogP contribution in [0.5, 0.6) is 0 Å². The van der Waals surface area contributed by atoms with Gasteiger partial charge in [0.15, 0.2) is 0 Å². The lowest BCUT2D eigenvalue weighted by Gasteiger charge is -2.50. The maximum Gasteiger partial charge on any atom is 0.229 e. The highest BCUT2D eigenvalue weighted by molar-refractivity contribution is 7.10. The number of benzene rings is 1. The lowest BCUT2D eigenvalue weighted by molar-refractivity contribution is 0.256. The number of hydrogen-bond acceptors (Lipinski definition) is 8. The highest BCUT2D eigenvalue weighted by atomic mass is 32.1. The van der Waals surface area contributed by atoms with Crippen molar-refractivity contribution in [1.29, 1.82) is 5.26 Å². The van der Waals surface area contributed by atoms with Gasteiger partial charge in [0, 0.05) is 31.4 Å². The van der Waals surface area contributed by atoms with Crippen LogP contribution in [0.25, 0.3) is 0 Å². The van der Waals surface area contributed by atoms with E-state index in [0.29, 0.717) is 32.0 Å². The summed E-state index contributed by atoms with van der Waals surface area (Å²) in [5.74, 6) is 1.10. The zero-order chi connectivity index (χ0) is 21.1.